The Kier molecular flexibility index (Phi) is 12.7. The number of aromatic nitrogens is 1. The SMILES string of the molecule is CN=C(NCCc1csc(C)n1)N(C)CCC(NC(=O)OC(C)(C)C)C(C)C.I. The second kappa shape index (κ2) is 13.3. The third-order valence-corrected chi connectivity index (χ3v) is 5.01. The van der Waals surface area contributed by atoms with Crippen molar-refractivity contribution in [2.75, 3.05) is 27.2 Å². The van der Waals surface area contributed by atoms with E-state index in [1.165, 1.54) is 0 Å². The lowest BCUT2D eigenvalue weighted by Gasteiger charge is -2.28. The fourth-order valence-electron chi connectivity index (χ4n) is 2.68. The van der Waals surface area contributed by atoms with Crippen molar-refractivity contribution in [2.24, 2.45) is 10.9 Å². The van der Waals surface area contributed by atoms with Crippen molar-refractivity contribution < 1.29 is 9.53 Å². The van der Waals surface area contributed by atoms with Gasteiger partial charge in [-0.15, -0.1) is 35.3 Å². The topological polar surface area (TPSA) is 78.9 Å². The van der Waals surface area contributed by atoms with Crippen LogP contribution in [0, 0.1) is 12.8 Å². The van der Waals surface area contributed by atoms with E-state index >= 15 is 0 Å². The Morgan fingerprint density at radius 1 is 1.38 bits per heavy atom. The number of ether oxygens (including phenoxy) is 1. The summed E-state index contributed by atoms with van der Waals surface area (Å²) >= 11 is 1.67. The molecule has 0 saturated carbocycles. The van der Waals surface area contributed by atoms with Gasteiger partial charge in [-0.25, -0.2) is 9.78 Å². The standard InChI is InChI=1S/C20H37N5O2S.HI/c1-14(2)17(24-19(26)27-20(4,5)6)10-12-25(8)18(21-7)22-11-9-16-13-28-15(3)23-16;/h13-14,17H,9-12H2,1-8H3,(H,21,22)(H,24,26);1H. The number of aliphatic imine (C=N–C) groups is 1. The summed E-state index contributed by atoms with van der Waals surface area (Å²) < 4.78 is 5.39. The van der Waals surface area contributed by atoms with Crippen LogP contribution in [0.5, 0.6) is 0 Å². The van der Waals surface area contributed by atoms with Gasteiger partial charge in [0, 0.05) is 45.0 Å². The average Bonchev–Trinajstić information content (AvgIpc) is 2.98. The Morgan fingerprint density at radius 2 is 2.03 bits per heavy atom. The Balaban J connectivity index is 0.00000784. The zero-order valence-electron chi connectivity index (χ0n) is 19.0. The van der Waals surface area contributed by atoms with E-state index in [0.29, 0.717) is 5.92 Å². The molecule has 1 unspecified atom stereocenters. The molecule has 0 fully saturated rings. The van der Waals surface area contributed by atoms with Crippen LogP contribution < -0.4 is 10.6 Å². The van der Waals surface area contributed by atoms with Crippen LogP contribution in [0.2, 0.25) is 0 Å². The predicted octanol–water partition coefficient (Wildman–Crippen LogP) is 4.06. The van der Waals surface area contributed by atoms with E-state index in [0.717, 1.165) is 42.6 Å². The third kappa shape index (κ3) is 11.6. The lowest BCUT2D eigenvalue weighted by atomic mass is 10.0. The van der Waals surface area contributed by atoms with Crippen LogP contribution in [0.15, 0.2) is 10.4 Å². The maximum atomic E-state index is 12.1. The van der Waals surface area contributed by atoms with Gasteiger partial charge in [0.25, 0.3) is 0 Å². The lowest BCUT2D eigenvalue weighted by Crippen LogP contribution is -2.45. The average molecular weight is 540 g/mol. The number of aryl methyl sites for hydroxylation is 1. The number of hydrogen-bond donors (Lipinski definition) is 2. The molecule has 1 rings (SSSR count). The highest BCUT2D eigenvalue weighted by molar-refractivity contribution is 14.0. The zero-order chi connectivity index (χ0) is 21.3. The molecule has 1 heterocycles. The number of rotatable bonds is 8. The van der Waals surface area contributed by atoms with Crippen molar-refractivity contribution in [1.29, 1.82) is 0 Å². The van der Waals surface area contributed by atoms with Gasteiger partial charge in [-0.2, -0.15) is 0 Å². The van der Waals surface area contributed by atoms with E-state index < -0.39 is 5.60 Å². The zero-order valence-corrected chi connectivity index (χ0v) is 22.2. The summed E-state index contributed by atoms with van der Waals surface area (Å²) in [5.41, 5.74) is 0.610. The van der Waals surface area contributed by atoms with Crippen LogP contribution in [0.1, 0.15) is 51.7 Å². The van der Waals surface area contributed by atoms with E-state index in [9.17, 15) is 4.79 Å². The van der Waals surface area contributed by atoms with Crippen molar-refractivity contribution in [3.63, 3.8) is 0 Å². The van der Waals surface area contributed by atoms with Crippen molar-refractivity contribution >= 4 is 47.4 Å². The maximum Gasteiger partial charge on any atom is 0.407 e. The molecule has 0 aliphatic rings. The van der Waals surface area contributed by atoms with Gasteiger partial charge >= 0.3 is 6.09 Å². The normalized spacial score (nSPS) is 12.9. The molecular weight excluding hydrogens is 501 g/mol. The van der Waals surface area contributed by atoms with E-state index in [-0.39, 0.29) is 36.1 Å². The fourth-order valence-corrected chi connectivity index (χ4v) is 3.33. The monoisotopic (exact) mass is 539 g/mol. The van der Waals surface area contributed by atoms with E-state index in [1.807, 2.05) is 34.7 Å². The highest BCUT2D eigenvalue weighted by Gasteiger charge is 2.22. The fraction of sp³-hybridized carbons (Fsp3) is 0.750. The molecule has 1 atom stereocenters. The molecule has 168 valence electrons. The summed E-state index contributed by atoms with van der Waals surface area (Å²) in [6.07, 6.45) is 1.31. The quantitative estimate of drug-likeness (QED) is 0.296. The number of hydrogen-bond acceptors (Lipinski definition) is 5. The van der Waals surface area contributed by atoms with E-state index in [2.05, 4.69) is 44.7 Å². The second-order valence-corrected chi connectivity index (χ2v) is 9.35. The van der Waals surface area contributed by atoms with Gasteiger partial charge in [0.15, 0.2) is 5.96 Å². The van der Waals surface area contributed by atoms with Crippen LogP contribution in [0.25, 0.3) is 0 Å². The van der Waals surface area contributed by atoms with Gasteiger partial charge in [0.2, 0.25) is 0 Å². The number of nitrogens with zero attached hydrogens (tertiary/aromatic N) is 3. The van der Waals surface area contributed by atoms with Gasteiger partial charge < -0.3 is 20.3 Å². The van der Waals surface area contributed by atoms with Crippen LogP contribution >= 0.6 is 35.3 Å². The first kappa shape index (κ1) is 27.9. The third-order valence-electron chi connectivity index (χ3n) is 4.19. The van der Waals surface area contributed by atoms with Gasteiger partial charge in [-0.3, -0.25) is 4.99 Å². The molecule has 0 radical (unpaired) electrons. The van der Waals surface area contributed by atoms with Crippen molar-refractivity contribution in [1.82, 2.24) is 20.5 Å². The molecule has 0 saturated heterocycles. The first-order chi connectivity index (χ1) is 13.0. The number of amides is 1. The molecule has 1 aromatic heterocycles. The molecule has 0 aliphatic carbocycles. The molecule has 7 nitrogen and oxygen atoms in total. The summed E-state index contributed by atoms with van der Waals surface area (Å²) in [7, 11) is 3.79. The highest BCUT2D eigenvalue weighted by atomic mass is 127. The largest absolute Gasteiger partial charge is 0.444 e. The number of carbonyl (C=O) groups excluding carboxylic acids is 1. The minimum atomic E-state index is -0.496. The number of thiazole rings is 1. The number of halogens is 1. The molecule has 0 aliphatic heterocycles. The highest BCUT2D eigenvalue weighted by Crippen LogP contribution is 2.11. The minimum absolute atomic E-state index is 0. The molecular formula is C20H38IN5O2S. The maximum absolute atomic E-state index is 12.1. The summed E-state index contributed by atoms with van der Waals surface area (Å²) in [5, 5.41) is 9.57. The van der Waals surface area contributed by atoms with Crippen LogP contribution in [0.3, 0.4) is 0 Å². The van der Waals surface area contributed by atoms with E-state index in [1.54, 1.807) is 18.4 Å². The van der Waals surface area contributed by atoms with Gasteiger partial charge in [-0.1, -0.05) is 13.8 Å². The Hall–Kier alpha value is -1.10. The molecule has 0 aromatic carbocycles. The lowest BCUT2D eigenvalue weighted by molar-refractivity contribution is 0.0486. The first-order valence-electron chi connectivity index (χ1n) is 9.84. The van der Waals surface area contributed by atoms with Gasteiger partial charge in [-0.05, 0) is 40.0 Å². The number of nitrogens with one attached hydrogen (secondary N) is 2. The van der Waals surface area contributed by atoms with Gasteiger partial charge in [0.1, 0.15) is 5.60 Å². The minimum Gasteiger partial charge on any atom is -0.444 e. The number of guanidine groups is 1. The molecule has 29 heavy (non-hydrogen) atoms. The van der Waals surface area contributed by atoms with Crippen LogP contribution in [-0.4, -0.2) is 60.8 Å². The van der Waals surface area contributed by atoms with Crippen molar-refractivity contribution in [2.45, 2.75) is 66.0 Å². The predicted molar refractivity (Wildman–Crippen MR) is 133 cm³/mol. The van der Waals surface area contributed by atoms with E-state index in [4.69, 9.17) is 4.74 Å². The smallest absolute Gasteiger partial charge is 0.407 e. The molecule has 0 bridgehead atoms. The molecule has 2 N–H and O–H groups in total. The summed E-state index contributed by atoms with van der Waals surface area (Å²) in [6, 6.07) is 0.0355. The second-order valence-electron chi connectivity index (χ2n) is 8.29. The Bertz CT molecular complexity index is 643. The first-order valence-corrected chi connectivity index (χ1v) is 10.7. The van der Waals surface area contributed by atoms with Crippen LogP contribution in [-0.2, 0) is 11.2 Å². The van der Waals surface area contributed by atoms with Gasteiger partial charge in [0.05, 0.1) is 10.7 Å². The van der Waals surface area contributed by atoms with Crippen molar-refractivity contribution in [3.05, 3.63) is 16.1 Å². The van der Waals surface area contributed by atoms with Crippen LogP contribution in [0.4, 0.5) is 4.79 Å². The number of carbonyl (C=O) groups is 1. The molecule has 1 aromatic rings. The number of alkyl carbamates (subject to hydrolysis) is 1. The summed E-state index contributed by atoms with van der Waals surface area (Å²) in [6.45, 7) is 13.4. The molecule has 0 spiro atoms. The Labute approximate surface area is 197 Å². The van der Waals surface area contributed by atoms with Crippen molar-refractivity contribution in [3.8, 4) is 0 Å². The molecule has 9 heteroatoms. The summed E-state index contributed by atoms with van der Waals surface area (Å²) in [4.78, 5) is 23.0. The molecule has 1 amide bonds. The Morgan fingerprint density at radius 3 is 2.52 bits per heavy atom. The summed E-state index contributed by atoms with van der Waals surface area (Å²) in [5.74, 6) is 1.15.